The molecule has 1 atom stereocenters. The Hall–Kier alpha value is -1.66. The molecular weight excluding hydrogens is 378 g/mol. The molecule has 1 N–H and O–H groups in total. The van der Waals surface area contributed by atoms with Crippen LogP contribution >= 0.6 is 23.2 Å². The number of hydrogen-bond donors (Lipinski definition) is 1. The summed E-state index contributed by atoms with van der Waals surface area (Å²) in [5.74, 6) is -0.614. The summed E-state index contributed by atoms with van der Waals surface area (Å²) in [6.07, 6.45) is 0. The number of rotatable bonds is 5. The number of carbonyl (C=O) groups is 1. The Bertz CT molecular complexity index is 782. The molecule has 0 aliphatic carbocycles. The molecule has 7 heteroatoms. The fourth-order valence-corrected chi connectivity index (χ4v) is 3.41. The zero-order valence-electron chi connectivity index (χ0n) is 14.1. The van der Waals surface area contributed by atoms with Gasteiger partial charge in [0, 0.05) is 19.6 Å². The van der Waals surface area contributed by atoms with Crippen LogP contribution in [0.15, 0.2) is 42.5 Å². The predicted molar refractivity (Wildman–Crippen MR) is 100 cm³/mol. The van der Waals surface area contributed by atoms with Gasteiger partial charge in [-0.2, -0.15) is 0 Å². The van der Waals surface area contributed by atoms with Gasteiger partial charge in [-0.25, -0.2) is 4.39 Å². The zero-order chi connectivity index (χ0) is 18.5. The SMILES string of the molecule is O=C(NCC(c1cccc(F)c1)N1CCOCC1)c1cccc(Cl)c1Cl. The highest BCUT2D eigenvalue weighted by Crippen LogP contribution is 2.26. The highest BCUT2D eigenvalue weighted by atomic mass is 35.5. The lowest BCUT2D eigenvalue weighted by Crippen LogP contribution is -2.43. The average molecular weight is 397 g/mol. The Morgan fingerprint density at radius 2 is 1.92 bits per heavy atom. The molecule has 2 aromatic rings. The lowest BCUT2D eigenvalue weighted by molar-refractivity contribution is 0.0162. The van der Waals surface area contributed by atoms with E-state index in [0.29, 0.717) is 30.3 Å². The molecule has 138 valence electrons. The maximum absolute atomic E-state index is 13.7. The first-order valence-corrected chi connectivity index (χ1v) is 9.11. The molecule has 1 aliphatic rings. The van der Waals surface area contributed by atoms with Crippen molar-refractivity contribution in [2.75, 3.05) is 32.8 Å². The van der Waals surface area contributed by atoms with Gasteiger partial charge in [-0.3, -0.25) is 9.69 Å². The zero-order valence-corrected chi connectivity index (χ0v) is 15.6. The van der Waals surface area contributed by atoms with Crippen molar-refractivity contribution in [1.29, 1.82) is 0 Å². The van der Waals surface area contributed by atoms with E-state index in [4.69, 9.17) is 27.9 Å². The number of hydrogen-bond acceptors (Lipinski definition) is 3. The van der Waals surface area contributed by atoms with Crippen molar-refractivity contribution < 1.29 is 13.9 Å². The summed E-state index contributed by atoms with van der Waals surface area (Å²) in [7, 11) is 0. The van der Waals surface area contributed by atoms with Crippen LogP contribution in [0.3, 0.4) is 0 Å². The van der Waals surface area contributed by atoms with Crippen LogP contribution in [-0.2, 0) is 4.74 Å². The molecule has 1 saturated heterocycles. The highest BCUT2D eigenvalue weighted by molar-refractivity contribution is 6.43. The van der Waals surface area contributed by atoms with Gasteiger partial charge in [0.1, 0.15) is 5.82 Å². The summed E-state index contributed by atoms with van der Waals surface area (Å²) in [6, 6.07) is 11.2. The van der Waals surface area contributed by atoms with Crippen LogP contribution in [-0.4, -0.2) is 43.7 Å². The van der Waals surface area contributed by atoms with Crippen molar-refractivity contribution in [3.63, 3.8) is 0 Å². The molecule has 0 bridgehead atoms. The minimum atomic E-state index is -0.313. The summed E-state index contributed by atoms with van der Waals surface area (Å²) in [4.78, 5) is 14.7. The van der Waals surface area contributed by atoms with Gasteiger partial charge >= 0.3 is 0 Å². The highest BCUT2D eigenvalue weighted by Gasteiger charge is 2.24. The average Bonchev–Trinajstić information content (AvgIpc) is 2.65. The van der Waals surface area contributed by atoms with Gasteiger partial charge in [0.2, 0.25) is 0 Å². The second-order valence-corrected chi connectivity index (χ2v) is 6.82. The third-order valence-electron chi connectivity index (χ3n) is 4.37. The molecular formula is C19H19Cl2FN2O2. The van der Waals surface area contributed by atoms with Gasteiger partial charge in [-0.05, 0) is 29.8 Å². The normalized spacial score (nSPS) is 16.3. The summed E-state index contributed by atoms with van der Waals surface area (Å²) in [6.45, 7) is 2.98. The van der Waals surface area contributed by atoms with Crippen LogP contribution in [0.4, 0.5) is 4.39 Å². The number of nitrogens with zero attached hydrogens (tertiary/aromatic N) is 1. The first-order valence-electron chi connectivity index (χ1n) is 8.35. The number of carbonyl (C=O) groups excluding carboxylic acids is 1. The summed E-state index contributed by atoms with van der Waals surface area (Å²) in [5, 5.41) is 3.45. The molecule has 0 spiro atoms. The Balaban J connectivity index is 1.77. The third kappa shape index (κ3) is 4.54. The molecule has 0 saturated carbocycles. The van der Waals surface area contributed by atoms with Crippen LogP contribution < -0.4 is 5.32 Å². The fraction of sp³-hybridized carbons (Fsp3) is 0.316. The largest absolute Gasteiger partial charge is 0.379 e. The first kappa shape index (κ1) is 19.1. The number of halogens is 3. The minimum Gasteiger partial charge on any atom is -0.379 e. The van der Waals surface area contributed by atoms with Crippen molar-refractivity contribution in [3.05, 3.63) is 69.5 Å². The monoisotopic (exact) mass is 396 g/mol. The molecule has 1 amide bonds. The topological polar surface area (TPSA) is 41.6 Å². The van der Waals surface area contributed by atoms with E-state index in [-0.39, 0.29) is 22.8 Å². The van der Waals surface area contributed by atoms with Crippen LogP contribution in [0.2, 0.25) is 10.0 Å². The van der Waals surface area contributed by atoms with E-state index >= 15 is 0 Å². The maximum atomic E-state index is 13.7. The van der Waals surface area contributed by atoms with Gasteiger partial charge in [-0.15, -0.1) is 0 Å². The summed E-state index contributed by atoms with van der Waals surface area (Å²) < 4.78 is 19.1. The van der Waals surface area contributed by atoms with Crippen LogP contribution in [0.25, 0.3) is 0 Å². The van der Waals surface area contributed by atoms with Crippen molar-refractivity contribution in [3.8, 4) is 0 Å². The van der Waals surface area contributed by atoms with Gasteiger partial charge in [0.05, 0.1) is 34.9 Å². The Labute approximate surface area is 161 Å². The Morgan fingerprint density at radius 3 is 2.65 bits per heavy atom. The van der Waals surface area contributed by atoms with Gasteiger partial charge in [0.25, 0.3) is 5.91 Å². The van der Waals surface area contributed by atoms with Crippen LogP contribution in [0, 0.1) is 5.82 Å². The molecule has 1 aliphatic heterocycles. The van der Waals surface area contributed by atoms with Crippen LogP contribution in [0.1, 0.15) is 22.0 Å². The number of amides is 1. The second-order valence-electron chi connectivity index (χ2n) is 6.03. The molecule has 26 heavy (non-hydrogen) atoms. The molecule has 2 aromatic carbocycles. The van der Waals surface area contributed by atoms with E-state index in [1.807, 2.05) is 6.07 Å². The number of ether oxygens (including phenoxy) is 1. The molecule has 4 nitrogen and oxygen atoms in total. The van der Waals surface area contributed by atoms with E-state index in [1.165, 1.54) is 12.1 Å². The van der Waals surface area contributed by atoms with Crippen molar-refractivity contribution in [1.82, 2.24) is 10.2 Å². The summed E-state index contributed by atoms with van der Waals surface area (Å²) >= 11 is 12.1. The van der Waals surface area contributed by atoms with E-state index in [1.54, 1.807) is 24.3 Å². The Kier molecular flexibility index (Phi) is 6.48. The van der Waals surface area contributed by atoms with Gasteiger partial charge < -0.3 is 10.1 Å². The molecule has 1 heterocycles. The lowest BCUT2D eigenvalue weighted by Gasteiger charge is -2.35. The van der Waals surface area contributed by atoms with E-state index < -0.39 is 0 Å². The molecule has 1 unspecified atom stereocenters. The van der Waals surface area contributed by atoms with E-state index in [9.17, 15) is 9.18 Å². The van der Waals surface area contributed by atoms with Crippen LogP contribution in [0.5, 0.6) is 0 Å². The van der Waals surface area contributed by atoms with Gasteiger partial charge in [-0.1, -0.05) is 41.4 Å². The number of morpholine rings is 1. The van der Waals surface area contributed by atoms with Crippen molar-refractivity contribution in [2.24, 2.45) is 0 Å². The molecule has 0 aromatic heterocycles. The van der Waals surface area contributed by atoms with Gasteiger partial charge in [0.15, 0.2) is 0 Å². The first-order chi connectivity index (χ1) is 12.6. The second kappa shape index (κ2) is 8.82. The molecule has 1 fully saturated rings. The predicted octanol–water partition coefficient (Wildman–Crippen LogP) is 3.94. The molecule has 3 rings (SSSR count). The van der Waals surface area contributed by atoms with E-state index in [2.05, 4.69) is 10.2 Å². The quantitative estimate of drug-likeness (QED) is 0.831. The van der Waals surface area contributed by atoms with Crippen molar-refractivity contribution >= 4 is 29.1 Å². The number of nitrogens with one attached hydrogen (secondary N) is 1. The van der Waals surface area contributed by atoms with Crippen molar-refractivity contribution in [2.45, 2.75) is 6.04 Å². The maximum Gasteiger partial charge on any atom is 0.252 e. The minimum absolute atomic E-state index is 0.156. The fourth-order valence-electron chi connectivity index (χ4n) is 3.02. The lowest BCUT2D eigenvalue weighted by atomic mass is 10.0. The molecule has 0 radical (unpaired) electrons. The Morgan fingerprint density at radius 1 is 1.19 bits per heavy atom. The number of benzene rings is 2. The van der Waals surface area contributed by atoms with E-state index in [0.717, 1.165) is 18.7 Å². The summed E-state index contributed by atoms with van der Waals surface area (Å²) in [5.41, 5.74) is 1.13. The third-order valence-corrected chi connectivity index (χ3v) is 5.19. The standard InChI is InChI=1S/C19H19Cl2FN2O2/c20-16-6-2-5-15(18(16)21)19(25)23-12-17(24-7-9-26-10-8-24)13-3-1-4-14(22)11-13/h1-6,11,17H,7-10,12H2,(H,23,25). The smallest absolute Gasteiger partial charge is 0.252 e.